The van der Waals surface area contributed by atoms with Crippen molar-refractivity contribution in [2.24, 2.45) is 0 Å². The molecule has 23 heavy (non-hydrogen) atoms. The predicted molar refractivity (Wildman–Crippen MR) is 84.1 cm³/mol. The van der Waals surface area contributed by atoms with E-state index < -0.39 is 22.2 Å². The zero-order valence-corrected chi connectivity index (χ0v) is 13.9. The van der Waals surface area contributed by atoms with Gasteiger partial charge in [-0.2, -0.15) is 4.31 Å². The van der Waals surface area contributed by atoms with Crippen molar-refractivity contribution >= 4 is 22.4 Å². The van der Waals surface area contributed by atoms with Crippen LogP contribution in [-0.4, -0.2) is 31.2 Å². The molecule has 1 aromatic carbocycles. The number of nitrogens with zero attached hydrogens (tertiary/aromatic N) is 1. The van der Waals surface area contributed by atoms with E-state index in [4.69, 9.17) is 4.74 Å². The van der Waals surface area contributed by atoms with Crippen LogP contribution in [0.5, 0.6) is 0 Å². The predicted octanol–water partition coefficient (Wildman–Crippen LogP) is 2.78. The maximum atomic E-state index is 12.8. The van der Waals surface area contributed by atoms with Gasteiger partial charge in [-0.05, 0) is 31.9 Å². The number of benzene rings is 1. The number of hydrogen-bond acceptors (Lipinski definition) is 5. The van der Waals surface area contributed by atoms with Crippen molar-refractivity contribution < 1.29 is 22.7 Å². The van der Waals surface area contributed by atoms with Gasteiger partial charge in [-0.1, -0.05) is 30.7 Å². The standard InChI is InChI=1S/C16H19NO5S/c1-3-15-14(6-4-5-11-18)17(16(19)22-15)23(20,21)13-9-7-12(2)8-10-13/h6-11,15H,3-5H2,1-2H3/b14-6+. The van der Waals surface area contributed by atoms with Crippen LogP contribution in [0.3, 0.4) is 0 Å². The van der Waals surface area contributed by atoms with Crippen LogP contribution in [0.2, 0.25) is 0 Å². The van der Waals surface area contributed by atoms with E-state index in [1.807, 2.05) is 6.92 Å². The number of carbonyl (C=O) groups is 2. The van der Waals surface area contributed by atoms with E-state index in [1.165, 1.54) is 12.1 Å². The molecule has 0 bridgehead atoms. The quantitative estimate of drug-likeness (QED) is 0.589. The zero-order chi connectivity index (χ0) is 17.0. The van der Waals surface area contributed by atoms with Crippen molar-refractivity contribution in [3.05, 3.63) is 41.6 Å². The largest absolute Gasteiger partial charge is 0.439 e. The second-order valence-electron chi connectivity index (χ2n) is 5.24. The van der Waals surface area contributed by atoms with E-state index in [2.05, 4.69) is 0 Å². The molecule has 2 rings (SSSR count). The van der Waals surface area contributed by atoms with Crippen molar-refractivity contribution in [1.29, 1.82) is 0 Å². The molecule has 1 aliphatic rings. The molecule has 1 saturated heterocycles. The number of rotatable bonds is 6. The Kier molecular flexibility index (Phi) is 5.20. The topological polar surface area (TPSA) is 80.8 Å². The van der Waals surface area contributed by atoms with Gasteiger partial charge in [-0.25, -0.2) is 13.2 Å². The van der Waals surface area contributed by atoms with E-state index in [-0.39, 0.29) is 17.0 Å². The molecule has 1 unspecified atom stereocenters. The number of unbranched alkanes of at least 4 members (excludes halogenated alkanes) is 1. The highest BCUT2D eigenvalue weighted by Crippen LogP contribution is 2.32. The van der Waals surface area contributed by atoms with E-state index >= 15 is 0 Å². The number of aldehydes is 1. The monoisotopic (exact) mass is 337 g/mol. The Morgan fingerprint density at radius 1 is 1.22 bits per heavy atom. The van der Waals surface area contributed by atoms with Gasteiger partial charge in [0, 0.05) is 6.42 Å². The maximum absolute atomic E-state index is 12.8. The van der Waals surface area contributed by atoms with Crippen molar-refractivity contribution in [3.63, 3.8) is 0 Å². The lowest BCUT2D eigenvalue weighted by molar-refractivity contribution is -0.107. The molecule has 0 saturated carbocycles. The third-order valence-electron chi connectivity index (χ3n) is 3.54. The van der Waals surface area contributed by atoms with Crippen LogP contribution in [0.1, 0.15) is 31.7 Å². The number of sulfonamides is 1. The van der Waals surface area contributed by atoms with E-state index in [1.54, 1.807) is 25.1 Å². The van der Waals surface area contributed by atoms with Gasteiger partial charge in [0.25, 0.3) is 10.0 Å². The highest BCUT2D eigenvalue weighted by Gasteiger charge is 2.43. The molecule has 1 atom stereocenters. The molecule has 6 nitrogen and oxygen atoms in total. The van der Waals surface area contributed by atoms with Crippen LogP contribution in [0.25, 0.3) is 0 Å². The Balaban J connectivity index is 2.44. The summed E-state index contributed by atoms with van der Waals surface area (Å²) in [6.45, 7) is 3.64. The molecule has 0 spiro atoms. The van der Waals surface area contributed by atoms with Crippen molar-refractivity contribution in [1.82, 2.24) is 4.31 Å². The summed E-state index contributed by atoms with van der Waals surface area (Å²) in [5.74, 6) is 0. The normalized spacial score (nSPS) is 19.9. The number of carbonyl (C=O) groups excluding carboxylic acids is 2. The lowest BCUT2D eigenvalue weighted by atomic mass is 10.1. The molecular formula is C16H19NO5S. The Bertz CT molecular complexity index is 721. The summed E-state index contributed by atoms with van der Waals surface area (Å²) in [4.78, 5) is 22.6. The average Bonchev–Trinajstić information content (AvgIpc) is 2.84. The van der Waals surface area contributed by atoms with Gasteiger partial charge < -0.3 is 9.53 Å². The highest BCUT2D eigenvalue weighted by molar-refractivity contribution is 7.89. The molecule has 1 heterocycles. The average molecular weight is 337 g/mol. The first-order valence-electron chi connectivity index (χ1n) is 7.38. The Labute approximate surface area is 135 Å². The first-order valence-corrected chi connectivity index (χ1v) is 8.82. The lowest BCUT2D eigenvalue weighted by Gasteiger charge is -2.17. The molecule has 0 N–H and O–H groups in total. The minimum atomic E-state index is -4.03. The number of amides is 1. The lowest BCUT2D eigenvalue weighted by Crippen LogP contribution is -2.31. The molecular weight excluding hydrogens is 318 g/mol. The minimum Gasteiger partial charge on any atom is -0.439 e. The van der Waals surface area contributed by atoms with Crippen LogP contribution in [0.15, 0.2) is 40.9 Å². The third-order valence-corrected chi connectivity index (χ3v) is 5.25. The molecule has 0 aliphatic carbocycles. The fourth-order valence-electron chi connectivity index (χ4n) is 2.32. The van der Waals surface area contributed by atoms with Gasteiger partial charge in [0.15, 0.2) is 0 Å². The van der Waals surface area contributed by atoms with Crippen molar-refractivity contribution in [2.75, 3.05) is 0 Å². The third kappa shape index (κ3) is 3.44. The summed E-state index contributed by atoms with van der Waals surface area (Å²) < 4.78 is 31.4. The van der Waals surface area contributed by atoms with Gasteiger partial charge >= 0.3 is 6.09 Å². The molecule has 124 valence electrons. The second kappa shape index (κ2) is 6.95. The van der Waals surface area contributed by atoms with Crippen molar-refractivity contribution in [3.8, 4) is 0 Å². The summed E-state index contributed by atoms with van der Waals surface area (Å²) in [5, 5.41) is 0. The number of aryl methyl sites for hydroxylation is 1. The molecule has 0 aromatic heterocycles. The summed E-state index contributed by atoms with van der Waals surface area (Å²) in [7, 11) is -4.03. The smallest absolute Gasteiger partial charge is 0.429 e. The Hall–Kier alpha value is -2.15. The second-order valence-corrected chi connectivity index (χ2v) is 7.02. The van der Waals surface area contributed by atoms with Gasteiger partial charge in [0.05, 0.1) is 10.6 Å². The molecule has 1 amide bonds. The minimum absolute atomic E-state index is 0.0260. The van der Waals surface area contributed by atoms with Crippen LogP contribution < -0.4 is 0 Å². The summed E-state index contributed by atoms with van der Waals surface area (Å²) >= 11 is 0. The van der Waals surface area contributed by atoms with E-state index in [9.17, 15) is 18.0 Å². The molecule has 7 heteroatoms. The van der Waals surface area contributed by atoms with Crippen LogP contribution in [0.4, 0.5) is 4.79 Å². The number of hydrogen-bond donors (Lipinski definition) is 0. The SMILES string of the molecule is CCC1OC(=O)N(S(=O)(=O)c2ccc(C)cc2)/C1=C/CCC=O. The van der Waals surface area contributed by atoms with Gasteiger partial charge in [0.1, 0.15) is 12.4 Å². The van der Waals surface area contributed by atoms with Crippen LogP contribution in [0, 0.1) is 6.92 Å². The first-order chi connectivity index (χ1) is 10.9. The summed E-state index contributed by atoms with van der Waals surface area (Å²) in [5.41, 5.74) is 1.20. The molecule has 1 aromatic rings. The zero-order valence-electron chi connectivity index (χ0n) is 13.1. The fourth-order valence-corrected chi connectivity index (χ4v) is 3.72. The first kappa shape index (κ1) is 17.2. The molecule has 1 aliphatic heterocycles. The number of ether oxygens (including phenoxy) is 1. The fraction of sp³-hybridized carbons (Fsp3) is 0.375. The summed E-state index contributed by atoms with van der Waals surface area (Å²) in [6.07, 6.45) is 1.87. The molecule has 0 radical (unpaired) electrons. The summed E-state index contributed by atoms with van der Waals surface area (Å²) in [6, 6.07) is 6.25. The van der Waals surface area contributed by atoms with E-state index in [0.717, 1.165) is 11.8 Å². The van der Waals surface area contributed by atoms with Gasteiger partial charge in [-0.15, -0.1) is 0 Å². The Morgan fingerprint density at radius 2 is 1.87 bits per heavy atom. The number of allylic oxidation sites excluding steroid dienone is 1. The number of cyclic esters (lactones) is 1. The van der Waals surface area contributed by atoms with Crippen LogP contribution in [-0.2, 0) is 19.6 Å². The molecule has 1 fully saturated rings. The highest BCUT2D eigenvalue weighted by atomic mass is 32.2. The van der Waals surface area contributed by atoms with Gasteiger partial charge in [-0.3, -0.25) is 0 Å². The van der Waals surface area contributed by atoms with Crippen LogP contribution >= 0.6 is 0 Å². The van der Waals surface area contributed by atoms with Gasteiger partial charge in [0.2, 0.25) is 0 Å². The van der Waals surface area contributed by atoms with E-state index in [0.29, 0.717) is 17.1 Å². The van der Waals surface area contributed by atoms with Crippen molar-refractivity contribution in [2.45, 2.75) is 44.1 Å². The maximum Gasteiger partial charge on any atom is 0.429 e. The Morgan fingerprint density at radius 3 is 2.43 bits per heavy atom.